The van der Waals surface area contributed by atoms with Crippen molar-refractivity contribution in [2.24, 2.45) is 17.6 Å². The van der Waals surface area contributed by atoms with Gasteiger partial charge in [0.25, 0.3) is 0 Å². The van der Waals surface area contributed by atoms with Crippen LogP contribution in [0.1, 0.15) is 46.5 Å². The van der Waals surface area contributed by atoms with Crippen molar-refractivity contribution in [2.75, 3.05) is 26.2 Å². The Morgan fingerprint density at radius 1 is 1.42 bits per heavy atom. The molecule has 1 saturated carbocycles. The van der Waals surface area contributed by atoms with Crippen molar-refractivity contribution in [3.8, 4) is 0 Å². The number of hydrogen-bond donors (Lipinski definition) is 2. The van der Waals surface area contributed by atoms with Gasteiger partial charge in [0.2, 0.25) is 5.91 Å². The number of carbonyl (C=O) groups is 1. The maximum atomic E-state index is 11.9. The van der Waals surface area contributed by atoms with E-state index in [4.69, 9.17) is 5.73 Å². The lowest BCUT2D eigenvalue weighted by Crippen LogP contribution is -2.37. The van der Waals surface area contributed by atoms with Crippen LogP contribution in [0.15, 0.2) is 0 Å². The largest absolute Gasteiger partial charge is 0.355 e. The van der Waals surface area contributed by atoms with Crippen LogP contribution in [0.25, 0.3) is 0 Å². The first kappa shape index (κ1) is 16.4. The van der Waals surface area contributed by atoms with Crippen molar-refractivity contribution in [1.82, 2.24) is 10.2 Å². The first-order valence-electron chi connectivity index (χ1n) is 7.77. The maximum Gasteiger partial charge on any atom is 0.220 e. The molecule has 1 aliphatic rings. The molecule has 19 heavy (non-hydrogen) atoms. The lowest BCUT2D eigenvalue weighted by Gasteiger charge is -2.20. The molecular weight excluding hydrogens is 238 g/mol. The fourth-order valence-corrected chi connectivity index (χ4v) is 2.64. The molecule has 0 radical (unpaired) electrons. The van der Waals surface area contributed by atoms with E-state index in [0.717, 1.165) is 32.1 Å². The molecule has 1 fully saturated rings. The van der Waals surface area contributed by atoms with E-state index in [1.165, 1.54) is 12.8 Å². The Balaban J connectivity index is 2.15. The molecule has 1 amide bonds. The predicted octanol–water partition coefficient (Wildman–Crippen LogP) is 1.60. The van der Waals surface area contributed by atoms with Gasteiger partial charge in [-0.1, -0.05) is 20.8 Å². The van der Waals surface area contributed by atoms with E-state index in [0.29, 0.717) is 24.8 Å². The van der Waals surface area contributed by atoms with Gasteiger partial charge in [0.1, 0.15) is 0 Å². The van der Waals surface area contributed by atoms with Gasteiger partial charge in [-0.25, -0.2) is 0 Å². The number of rotatable bonds is 10. The van der Waals surface area contributed by atoms with Crippen molar-refractivity contribution in [3.05, 3.63) is 0 Å². The van der Waals surface area contributed by atoms with E-state index in [-0.39, 0.29) is 5.91 Å². The van der Waals surface area contributed by atoms with Crippen LogP contribution in [0, 0.1) is 11.8 Å². The lowest BCUT2D eigenvalue weighted by molar-refractivity contribution is -0.122. The molecule has 0 saturated heterocycles. The summed E-state index contributed by atoms with van der Waals surface area (Å²) in [5, 5.41) is 3.03. The highest BCUT2D eigenvalue weighted by Gasteiger charge is 2.27. The minimum absolute atomic E-state index is 0.156. The second kappa shape index (κ2) is 8.54. The summed E-state index contributed by atoms with van der Waals surface area (Å²) in [5.74, 6) is 1.08. The molecular formula is C15H31N3O. The summed E-state index contributed by atoms with van der Waals surface area (Å²) in [7, 11) is 0. The molecule has 0 aromatic rings. The SMILES string of the molecule is CCN(CCNC(=O)C[C@@H](CN)CC(C)C)C1CC1. The molecule has 112 valence electrons. The third kappa shape index (κ3) is 6.92. The highest BCUT2D eigenvalue weighted by Crippen LogP contribution is 2.25. The molecule has 0 heterocycles. The van der Waals surface area contributed by atoms with E-state index >= 15 is 0 Å². The van der Waals surface area contributed by atoms with Gasteiger partial charge in [-0.05, 0) is 44.2 Å². The Morgan fingerprint density at radius 2 is 2.11 bits per heavy atom. The van der Waals surface area contributed by atoms with E-state index < -0.39 is 0 Å². The number of nitrogens with two attached hydrogens (primary N) is 1. The number of nitrogens with one attached hydrogen (secondary N) is 1. The molecule has 1 rings (SSSR count). The van der Waals surface area contributed by atoms with E-state index in [9.17, 15) is 4.79 Å². The summed E-state index contributed by atoms with van der Waals surface area (Å²) in [6.07, 6.45) is 4.26. The average Bonchev–Trinajstić information content (AvgIpc) is 3.17. The van der Waals surface area contributed by atoms with Gasteiger partial charge in [0.15, 0.2) is 0 Å². The highest BCUT2D eigenvalue weighted by molar-refractivity contribution is 5.76. The number of carbonyl (C=O) groups excluding carboxylic acids is 1. The Kier molecular flexibility index (Phi) is 7.39. The van der Waals surface area contributed by atoms with Gasteiger partial charge >= 0.3 is 0 Å². The smallest absolute Gasteiger partial charge is 0.220 e. The zero-order valence-corrected chi connectivity index (χ0v) is 12.8. The number of nitrogens with zero attached hydrogens (tertiary/aromatic N) is 1. The molecule has 0 aromatic heterocycles. The Hall–Kier alpha value is -0.610. The quantitative estimate of drug-likeness (QED) is 0.633. The van der Waals surface area contributed by atoms with Gasteiger partial charge in [0.05, 0.1) is 0 Å². The number of likely N-dealkylation sites (N-methyl/N-ethyl adjacent to an activating group) is 1. The predicted molar refractivity (Wildman–Crippen MR) is 79.9 cm³/mol. The van der Waals surface area contributed by atoms with Gasteiger partial charge in [-0.15, -0.1) is 0 Å². The third-order valence-corrected chi connectivity index (χ3v) is 3.80. The summed E-state index contributed by atoms with van der Waals surface area (Å²) >= 11 is 0. The van der Waals surface area contributed by atoms with Crippen LogP contribution in [-0.2, 0) is 4.79 Å². The molecule has 0 unspecified atom stereocenters. The van der Waals surface area contributed by atoms with Gasteiger partial charge in [-0.2, -0.15) is 0 Å². The molecule has 0 aliphatic heterocycles. The summed E-state index contributed by atoms with van der Waals surface area (Å²) in [6.45, 7) is 9.97. The zero-order chi connectivity index (χ0) is 14.3. The van der Waals surface area contributed by atoms with Crippen LogP contribution >= 0.6 is 0 Å². The summed E-state index contributed by atoms with van der Waals surface area (Å²) < 4.78 is 0. The van der Waals surface area contributed by atoms with Crippen molar-refractivity contribution in [3.63, 3.8) is 0 Å². The topological polar surface area (TPSA) is 58.4 Å². The molecule has 4 heteroatoms. The molecule has 4 nitrogen and oxygen atoms in total. The van der Waals surface area contributed by atoms with Gasteiger partial charge in [-0.3, -0.25) is 9.69 Å². The first-order chi connectivity index (χ1) is 9.06. The van der Waals surface area contributed by atoms with Crippen molar-refractivity contribution >= 4 is 5.91 Å². The first-order valence-corrected chi connectivity index (χ1v) is 7.77. The third-order valence-electron chi connectivity index (χ3n) is 3.80. The van der Waals surface area contributed by atoms with Crippen LogP contribution in [0.2, 0.25) is 0 Å². The minimum Gasteiger partial charge on any atom is -0.355 e. The molecule has 0 bridgehead atoms. The maximum absolute atomic E-state index is 11.9. The second-order valence-corrected chi connectivity index (χ2v) is 6.15. The Bertz CT molecular complexity index is 264. The summed E-state index contributed by atoms with van der Waals surface area (Å²) in [6, 6.07) is 0.777. The normalized spacial score (nSPS) is 16.9. The average molecular weight is 269 g/mol. The fourth-order valence-electron chi connectivity index (χ4n) is 2.64. The van der Waals surface area contributed by atoms with Crippen LogP contribution in [0.3, 0.4) is 0 Å². The lowest BCUT2D eigenvalue weighted by atomic mass is 9.94. The number of amides is 1. The van der Waals surface area contributed by atoms with Crippen LogP contribution in [-0.4, -0.2) is 43.0 Å². The molecule has 3 N–H and O–H groups in total. The standard InChI is InChI=1S/C15H31N3O/c1-4-18(14-5-6-14)8-7-17-15(19)10-13(11-16)9-12(2)3/h12-14H,4-11,16H2,1-3H3,(H,17,19)/t13-/m0/s1. The molecule has 1 aliphatic carbocycles. The molecule has 0 aromatic carbocycles. The Morgan fingerprint density at radius 3 is 2.58 bits per heavy atom. The summed E-state index contributed by atoms with van der Waals surface area (Å²) in [5.41, 5.74) is 5.73. The highest BCUT2D eigenvalue weighted by atomic mass is 16.1. The Labute approximate surface area is 118 Å². The second-order valence-electron chi connectivity index (χ2n) is 6.15. The number of hydrogen-bond acceptors (Lipinski definition) is 3. The van der Waals surface area contributed by atoms with E-state index in [1.54, 1.807) is 0 Å². The van der Waals surface area contributed by atoms with E-state index in [2.05, 4.69) is 31.0 Å². The van der Waals surface area contributed by atoms with Crippen LogP contribution < -0.4 is 11.1 Å². The van der Waals surface area contributed by atoms with Crippen molar-refractivity contribution < 1.29 is 4.79 Å². The molecule has 1 atom stereocenters. The minimum atomic E-state index is 0.156. The van der Waals surface area contributed by atoms with Crippen LogP contribution in [0.4, 0.5) is 0 Å². The van der Waals surface area contributed by atoms with E-state index in [1.807, 2.05) is 0 Å². The van der Waals surface area contributed by atoms with Crippen molar-refractivity contribution in [2.45, 2.75) is 52.5 Å². The summed E-state index contributed by atoms with van der Waals surface area (Å²) in [4.78, 5) is 14.3. The fraction of sp³-hybridized carbons (Fsp3) is 0.933. The van der Waals surface area contributed by atoms with Crippen LogP contribution in [0.5, 0.6) is 0 Å². The van der Waals surface area contributed by atoms with Gasteiger partial charge in [0, 0.05) is 25.6 Å². The zero-order valence-electron chi connectivity index (χ0n) is 12.8. The van der Waals surface area contributed by atoms with Crippen molar-refractivity contribution in [1.29, 1.82) is 0 Å². The monoisotopic (exact) mass is 269 g/mol. The molecule has 0 spiro atoms. The van der Waals surface area contributed by atoms with Gasteiger partial charge < -0.3 is 11.1 Å².